The number of rotatable bonds is 6. The lowest BCUT2D eigenvalue weighted by Gasteiger charge is -2.15. The van der Waals surface area contributed by atoms with Gasteiger partial charge < -0.3 is 9.84 Å². The van der Waals surface area contributed by atoms with Crippen molar-refractivity contribution in [2.45, 2.75) is 18.9 Å². The predicted octanol–water partition coefficient (Wildman–Crippen LogP) is 2.76. The van der Waals surface area contributed by atoms with Crippen molar-refractivity contribution in [1.29, 1.82) is 0 Å². The summed E-state index contributed by atoms with van der Waals surface area (Å²) in [6, 6.07) is 0. The van der Waals surface area contributed by atoms with Crippen molar-refractivity contribution < 1.29 is 9.84 Å². The van der Waals surface area contributed by atoms with E-state index >= 15 is 0 Å². The number of likely N-dealkylation sites (tertiary alicyclic amines) is 1. The molecule has 0 aromatic rings. The van der Waals surface area contributed by atoms with Crippen LogP contribution in [0, 0.1) is 0 Å². The average molecular weight is 307 g/mol. The van der Waals surface area contributed by atoms with Crippen LogP contribution in [0.3, 0.4) is 0 Å². The summed E-state index contributed by atoms with van der Waals surface area (Å²) < 4.78 is 5.73. The van der Waals surface area contributed by atoms with Gasteiger partial charge in [0.05, 0.1) is 19.3 Å². The first-order valence-electron chi connectivity index (χ1n) is 7.57. The fraction of sp³-hybridized carbons (Fsp3) is 0.529. The van der Waals surface area contributed by atoms with Crippen molar-refractivity contribution in [1.82, 2.24) is 4.90 Å². The van der Waals surface area contributed by atoms with E-state index in [1.54, 1.807) is 11.8 Å². The Labute approximate surface area is 132 Å². The molecule has 2 heterocycles. The minimum Gasteiger partial charge on any atom is -0.392 e. The Balaban J connectivity index is 1.64. The van der Waals surface area contributed by atoms with E-state index in [0.29, 0.717) is 0 Å². The number of allylic oxidation sites excluding steroid dienone is 4. The molecule has 1 fully saturated rings. The fourth-order valence-corrected chi connectivity index (χ4v) is 3.19. The third-order valence-electron chi connectivity index (χ3n) is 3.69. The van der Waals surface area contributed by atoms with Gasteiger partial charge in [-0.3, -0.25) is 4.90 Å². The minimum atomic E-state index is -0.144. The summed E-state index contributed by atoms with van der Waals surface area (Å²) in [7, 11) is 0. The maximum absolute atomic E-state index is 9.46. The molecule has 0 bridgehead atoms. The molecule has 1 atom stereocenters. The van der Waals surface area contributed by atoms with Gasteiger partial charge in [0, 0.05) is 25.4 Å². The number of aliphatic hydroxyl groups excluding tert-OH is 1. The summed E-state index contributed by atoms with van der Waals surface area (Å²) in [5.74, 6) is 0.999. The number of hydrogen-bond donors (Lipinski definition) is 1. The number of hydrogen-bond acceptors (Lipinski definition) is 4. The minimum absolute atomic E-state index is 0.144. The summed E-state index contributed by atoms with van der Waals surface area (Å²) >= 11 is 1.80. The molecule has 0 amide bonds. The average Bonchev–Trinajstić information content (AvgIpc) is 2.91. The molecule has 0 saturated carbocycles. The fourth-order valence-electron chi connectivity index (χ4n) is 2.41. The zero-order valence-electron chi connectivity index (χ0n) is 12.5. The highest BCUT2D eigenvalue weighted by atomic mass is 32.2. The van der Waals surface area contributed by atoms with Crippen molar-refractivity contribution >= 4 is 11.8 Å². The first-order valence-corrected chi connectivity index (χ1v) is 8.62. The number of thioether (sulfide) groups is 1. The molecule has 21 heavy (non-hydrogen) atoms. The van der Waals surface area contributed by atoms with Crippen LogP contribution in [0.2, 0.25) is 0 Å². The van der Waals surface area contributed by atoms with Gasteiger partial charge >= 0.3 is 0 Å². The molecule has 0 aromatic carbocycles. The van der Waals surface area contributed by atoms with Gasteiger partial charge in [0.25, 0.3) is 0 Å². The van der Waals surface area contributed by atoms with Crippen LogP contribution < -0.4 is 0 Å². The zero-order chi connectivity index (χ0) is 14.9. The molecule has 4 heteroatoms. The van der Waals surface area contributed by atoms with Crippen LogP contribution in [-0.4, -0.2) is 54.7 Å². The van der Waals surface area contributed by atoms with Crippen LogP contribution in [0.15, 0.2) is 47.4 Å². The zero-order valence-corrected chi connectivity index (χ0v) is 13.4. The maximum Gasteiger partial charge on any atom is 0.0679 e. The maximum atomic E-state index is 9.46. The lowest BCUT2D eigenvalue weighted by atomic mass is 10.1. The van der Waals surface area contributed by atoms with Gasteiger partial charge in [0.15, 0.2) is 0 Å². The molecule has 2 aliphatic heterocycles. The van der Waals surface area contributed by atoms with Crippen LogP contribution in [0.25, 0.3) is 0 Å². The van der Waals surface area contributed by atoms with E-state index in [1.807, 2.05) is 6.08 Å². The normalized spacial score (nSPS) is 29.3. The lowest BCUT2D eigenvalue weighted by Crippen LogP contribution is -2.26. The first kappa shape index (κ1) is 16.6. The molecule has 2 rings (SSSR count). The molecule has 1 unspecified atom stereocenters. The van der Waals surface area contributed by atoms with Gasteiger partial charge in [-0.05, 0) is 29.4 Å². The molecule has 116 valence electrons. The quantitative estimate of drug-likeness (QED) is 0.765. The second-order valence-electron chi connectivity index (χ2n) is 5.39. The SMILES string of the molecule is C=C1/C=C\C=C/CS/C=C\1CCOCCN1CCC(O)C1. The van der Waals surface area contributed by atoms with E-state index in [1.165, 1.54) is 5.57 Å². The molecule has 2 aliphatic rings. The highest BCUT2D eigenvalue weighted by Gasteiger charge is 2.19. The number of β-amino-alcohol motifs (C(OH)–C–C–N with tert-alkyl or cyclic N) is 1. The topological polar surface area (TPSA) is 32.7 Å². The smallest absolute Gasteiger partial charge is 0.0679 e. The van der Waals surface area contributed by atoms with Crippen LogP contribution in [-0.2, 0) is 4.74 Å². The predicted molar refractivity (Wildman–Crippen MR) is 90.5 cm³/mol. The van der Waals surface area contributed by atoms with Gasteiger partial charge in [0.2, 0.25) is 0 Å². The van der Waals surface area contributed by atoms with Crippen LogP contribution >= 0.6 is 11.8 Å². The number of nitrogens with zero attached hydrogens (tertiary/aromatic N) is 1. The molecule has 0 aromatic heterocycles. The van der Waals surface area contributed by atoms with Crippen LogP contribution in [0.5, 0.6) is 0 Å². The Morgan fingerprint density at radius 2 is 2.29 bits per heavy atom. The molecular formula is C17H25NO2S. The summed E-state index contributed by atoms with van der Waals surface area (Å²) in [6.45, 7) is 8.26. The third kappa shape index (κ3) is 6.22. The van der Waals surface area contributed by atoms with Gasteiger partial charge in [-0.25, -0.2) is 0 Å². The molecule has 1 N–H and O–H groups in total. The van der Waals surface area contributed by atoms with E-state index in [9.17, 15) is 5.11 Å². The first-order chi connectivity index (χ1) is 10.3. The second kappa shape index (κ2) is 9.26. The van der Waals surface area contributed by atoms with Gasteiger partial charge in [0.1, 0.15) is 0 Å². The van der Waals surface area contributed by atoms with E-state index in [4.69, 9.17) is 4.74 Å². The molecule has 0 spiro atoms. The van der Waals surface area contributed by atoms with Crippen molar-refractivity contribution in [3.63, 3.8) is 0 Å². The molecule has 3 nitrogen and oxygen atoms in total. The van der Waals surface area contributed by atoms with Crippen LogP contribution in [0.4, 0.5) is 0 Å². The molecule has 0 aliphatic carbocycles. The van der Waals surface area contributed by atoms with E-state index < -0.39 is 0 Å². The Bertz CT molecular complexity index is 429. The van der Waals surface area contributed by atoms with Gasteiger partial charge in [-0.2, -0.15) is 0 Å². The molecular weight excluding hydrogens is 282 g/mol. The standard InChI is InChI=1S/C17H25NO2S/c1-15-5-3-2-4-12-21-14-16(15)7-10-20-11-9-18-8-6-17(19)13-18/h2-5,14,17,19H,1,6-13H2/b4-2-,5-3-,16-14-. The second-order valence-corrected chi connectivity index (χ2v) is 6.30. The van der Waals surface area contributed by atoms with Crippen molar-refractivity contribution in [3.05, 3.63) is 47.4 Å². The Hall–Kier alpha value is -0.810. The van der Waals surface area contributed by atoms with E-state index in [-0.39, 0.29) is 6.10 Å². The highest BCUT2D eigenvalue weighted by Crippen LogP contribution is 2.20. The number of aliphatic hydroxyl groups is 1. The Morgan fingerprint density at radius 1 is 1.38 bits per heavy atom. The largest absolute Gasteiger partial charge is 0.392 e. The molecule has 0 radical (unpaired) electrons. The van der Waals surface area contributed by atoms with Gasteiger partial charge in [-0.15, -0.1) is 11.8 Å². The van der Waals surface area contributed by atoms with Crippen molar-refractivity contribution in [2.24, 2.45) is 0 Å². The Morgan fingerprint density at radius 3 is 3.10 bits per heavy atom. The van der Waals surface area contributed by atoms with Crippen molar-refractivity contribution in [2.75, 3.05) is 38.6 Å². The number of ether oxygens (including phenoxy) is 1. The molecule has 1 saturated heterocycles. The van der Waals surface area contributed by atoms with Crippen LogP contribution in [0.1, 0.15) is 12.8 Å². The van der Waals surface area contributed by atoms with E-state index in [0.717, 1.165) is 57.0 Å². The highest BCUT2D eigenvalue weighted by molar-refractivity contribution is 8.02. The van der Waals surface area contributed by atoms with E-state index in [2.05, 4.69) is 35.1 Å². The van der Waals surface area contributed by atoms with Crippen molar-refractivity contribution in [3.8, 4) is 0 Å². The van der Waals surface area contributed by atoms with Gasteiger partial charge in [-0.1, -0.05) is 30.9 Å². The Kier molecular flexibility index (Phi) is 7.30. The lowest BCUT2D eigenvalue weighted by molar-refractivity contribution is 0.107. The monoisotopic (exact) mass is 307 g/mol. The third-order valence-corrected chi connectivity index (χ3v) is 4.53. The summed E-state index contributed by atoms with van der Waals surface area (Å²) in [5, 5.41) is 11.7. The summed E-state index contributed by atoms with van der Waals surface area (Å²) in [6.07, 6.45) is 9.96. The summed E-state index contributed by atoms with van der Waals surface area (Å²) in [4.78, 5) is 2.26. The summed E-state index contributed by atoms with van der Waals surface area (Å²) in [5.41, 5.74) is 2.33.